The van der Waals surface area contributed by atoms with Gasteiger partial charge < -0.3 is 9.47 Å². The van der Waals surface area contributed by atoms with Crippen LogP contribution >= 0.6 is 0 Å². The number of rotatable bonds is 0. The normalized spacial score (nSPS) is 30.8. The quantitative estimate of drug-likeness (QED) is 0.525. The Labute approximate surface area is 73.0 Å². The van der Waals surface area contributed by atoms with Crippen molar-refractivity contribution >= 4 is 6.16 Å². The van der Waals surface area contributed by atoms with Gasteiger partial charge in [0.1, 0.15) is 12.7 Å². The van der Waals surface area contributed by atoms with Gasteiger partial charge in [0.2, 0.25) is 0 Å². The van der Waals surface area contributed by atoms with Crippen molar-refractivity contribution < 1.29 is 14.3 Å². The minimum absolute atomic E-state index is 0.00113. The molecule has 0 aromatic carbocycles. The van der Waals surface area contributed by atoms with E-state index in [0.717, 1.165) is 0 Å². The van der Waals surface area contributed by atoms with Gasteiger partial charge in [-0.25, -0.2) is 4.79 Å². The van der Waals surface area contributed by atoms with E-state index in [4.69, 9.17) is 9.47 Å². The number of carbonyl (C=O) groups excluding carboxylic acids is 1. The summed E-state index contributed by atoms with van der Waals surface area (Å²) in [7, 11) is 0. The molecule has 2 unspecified atom stereocenters. The molecule has 3 heteroatoms. The van der Waals surface area contributed by atoms with Gasteiger partial charge in [0.05, 0.1) is 0 Å². The Balaban J connectivity index is 2.67. The minimum Gasteiger partial charge on any atom is -0.434 e. The van der Waals surface area contributed by atoms with E-state index in [1.807, 2.05) is 6.92 Å². The highest BCUT2D eigenvalue weighted by atomic mass is 16.7. The lowest BCUT2D eigenvalue weighted by Gasteiger charge is -2.37. The predicted octanol–water partition coefficient (Wildman–Crippen LogP) is 2.20. The molecule has 0 bridgehead atoms. The number of carbonyl (C=O) groups is 1. The van der Waals surface area contributed by atoms with Gasteiger partial charge in [0.15, 0.2) is 0 Å². The number of hydrogen-bond donors (Lipinski definition) is 0. The molecule has 12 heavy (non-hydrogen) atoms. The summed E-state index contributed by atoms with van der Waals surface area (Å²) in [6.45, 7) is 8.69. The molecule has 0 aromatic rings. The van der Waals surface area contributed by atoms with E-state index in [1.165, 1.54) is 0 Å². The first kappa shape index (κ1) is 9.36. The van der Waals surface area contributed by atoms with Gasteiger partial charge in [0, 0.05) is 5.92 Å². The summed E-state index contributed by atoms with van der Waals surface area (Å²) in [4.78, 5) is 10.8. The van der Waals surface area contributed by atoms with Crippen molar-refractivity contribution in [3.05, 3.63) is 0 Å². The van der Waals surface area contributed by atoms with Crippen LogP contribution in [0.4, 0.5) is 4.79 Å². The summed E-state index contributed by atoms with van der Waals surface area (Å²) in [5.74, 6) is 0.280. The lowest BCUT2D eigenvalue weighted by atomic mass is 9.82. The Morgan fingerprint density at radius 1 is 1.42 bits per heavy atom. The molecule has 0 aromatic heterocycles. The Morgan fingerprint density at radius 3 is 2.42 bits per heavy atom. The maximum Gasteiger partial charge on any atom is 0.508 e. The molecule has 0 saturated carbocycles. The summed E-state index contributed by atoms with van der Waals surface area (Å²) in [5.41, 5.74) is -0.00113. The third-order valence-corrected chi connectivity index (χ3v) is 2.06. The van der Waals surface area contributed by atoms with Gasteiger partial charge in [0.25, 0.3) is 0 Å². The van der Waals surface area contributed by atoms with Crippen molar-refractivity contribution in [2.75, 3.05) is 6.61 Å². The molecule has 1 heterocycles. The largest absolute Gasteiger partial charge is 0.508 e. The first-order valence-electron chi connectivity index (χ1n) is 4.24. The highest BCUT2D eigenvalue weighted by Crippen LogP contribution is 2.31. The second-order valence-corrected chi connectivity index (χ2v) is 4.44. The second kappa shape index (κ2) is 2.96. The molecule has 2 atom stereocenters. The molecule has 1 aliphatic rings. The second-order valence-electron chi connectivity index (χ2n) is 4.44. The smallest absolute Gasteiger partial charge is 0.434 e. The van der Waals surface area contributed by atoms with Crippen molar-refractivity contribution in [1.29, 1.82) is 0 Å². The fraction of sp³-hybridized carbons (Fsp3) is 0.889. The first-order chi connectivity index (χ1) is 5.41. The fourth-order valence-electron chi connectivity index (χ4n) is 1.57. The van der Waals surface area contributed by atoms with Crippen LogP contribution in [0, 0.1) is 11.3 Å². The van der Waals surface area contributed by atoms with Crippen molar-refractivity contribution in [2.45, 2.75) is 33.8 Å². The Kier molecular flexibility index (Phi) is 2.31. The van der Waals surface area contributed by atoms with Gasteiger partial charge in [-0.15, -0.1) is 0 Å². The Hall–Kier alpha value is -0.730. The third-order valence-electron chi connectivity index (χ3n) is 2.06. The van der Waals surface area contributed by atoms with Crippen molar-refractivity contribution in [3.8, 4) is 0 Å². The average Bonchev–Trinajstić information content (AvgIpc) is 1.92. The molecule has 0 radical (unpaired) electrons. The van der Waals surface area contributed by atoms with Crippen LogP contribution in [0.3, 0.4) is 0 Å². The van der Waals surface area contributed by atoms with Crippen LogP contribution in [0.5, 0.6) is 0 Å². The predicted molar refractivity (Wildman–Crippen MR) is 44.8 cm³/mol. The summed E-state index contributed by atoms with van der Waals surface area (Å²) in [6.07, 6.45) is -0.563. The molecule has 1 fully saturated rings. The zero-order chi connectivity index (χ0) is 9.35. The summed E-state index contributed by atoms with van der Waals surface area (Å²) in [5, 5.41) is 0. The highest BCUT2D eigenvalue weighted by Gasteiger charge is 2.37. The lowest BCUT2D eigenvalue weighted by molar-refractivity contribution is -0.0936. The average molecular weight is 172 g/mol. The van der Waals surface area contributed by atoms with Crippen molar-refractivity contribution in [1.82, 2.24) is 0 Å². The lowest BCUT2D eigenvalue weighted by Crippen LogP contribution is -2.43. The number of ether oxygens (including phenoxy) is 2. The zero-order valence-corrected chi connectivity index (χ0v) is 8.09. The van der Waals surface area contributed by atoms with Crippen LogP contribution in [0.25, 0.3) is 0 Å². The molecule has 1 aliphatic heterocycles. The molecule has 0 aliphatic carbocycles. The first-order valence-corrected chi connectivity index (χ1v) is 4.24. The van der Waals surface area contributed by atoms with Crippen molar-refractivity contribution in [2.24, 2.45) is 11.3 Å². The van der Waals surface area contributed by atoms with Crippen LogP contribution in [0.2, 0.25) is 0 Å². The molecule has 0 amide bonds. The van der Waals surface area contributed by atoms with E-state index in [2.05, 4.69) is 20.8 Å². The third kappa shape index (κ3) is 1.90. The van der Waals surface area contributed by atoms with Crippen LogP contribution in [0.1, 0.15) is 27.7 Å². The fourth-order valence-corrected chi connectivity index (χ4v) is 1.57. The van der Waals surface area contributed by atoms with Crippen molar-refractivity contribution in [3.63, 3.8) is 0 Å². The molecule has 0 spiro atoms. The molecular formula is C9H16O3. The molecule has 1 rings (SSSR count). The van der Waals surface area contributed by atoms with E-state index in [0.29, 0.717) is 6.61 Å². The topological polar surface area (TPSA) is 35.5 Å². The molecule has 0 N–H and O–H groups in total. The van der Waals surface area contributed by atoms with Gasteiger partial charge in [-0.3, -0.25) is 0 Å². The van der Waals surface area contributed by atoms with Gasteiger partial charge in [-0.2, -0.15) is 0 Å². The van der Waals surface area contributed by atoms with Gasteiger partial charge in [-0.1, -0.05) is 27.7 Å². The Bertz CT molecular complexity index is 181. The van der Waals surface area contributed by atoms with Crippen LogP contribution < -0.4 is 0 Å². The maximum atomic E-state index is 10.8. The SMILES string of the molecule is CC1COC(=O)OC1C(C)(C)C. The van der Waals surface area contributed by atoms with E-state index >= 15 is 0 Å². The van der Waals surface area contributed by atoms with Crippen LogP contribution in [-0.4, -0.2) is 18.9 Å². The van der Waals surface area contributed by atoms with E-state index in [1.54, 1.807) is 0 Å². The standard InChI is InChI=1S/C9H16O3/c1-6-5-11-8(10)12-7(6)9(2,3)4/h6-7H,5H2,1-4H3. The van der Waals surface area contributed by atoms with Crippen LogP contribution in [-0.2, 0) is 9.47 Å². The highest BCUT2D eigenvalue weighted by molar-refractivity contribution is 5.61. The van der Waals surface area contributed by atoms with Gasteiger partial charge in [-0.05, 0) is 5.41 Å². The molecule has 3 nitrogen and oxygen atoms in total. The minimum atomic E-state index is -0.534. The van der Waals surface area contributed by atoms with E-state index < -0.39 is 6.16 Å². The summed E-state index contributed by atoms with van der Waals surface area (Å²) < 4.78 is 9.86. The molecule has 1 saturated heterocycles. The zero-order valence-electron chi connectivity index (χ0n) is 8.09. The number of cyclic esters (lactones) is 2. The Morgan fingerprint density at radius 2 is 2.00 bits per heavy atom. The van der Waals surface area contributed by atoms with E-state index in [-0.39, 0.29) is 17.4 Å². The maximum absolute atomic E-state index is 10.8. The van der Waals surface area contributed by atoms with Gasteiger partial charge >= 0.3 is 6.16 Å². The van der Waals surface area contributed by atoms with E-state index in [9.17, 15) is 4.79 Å². The molecule has 70 valence electrons. The van der Waals surface area contributed by atoms with Crippen LogP contribution in [0.15, 0.2) is 0 Å². The summed E-state index contributed by atoms with van der Waals surface area (Å²) in [6, 6.07) is 0. The monoisotopic (exact) mass is 172 g/mol. The number of hydrogen-bond acceptors (Lipinski definition) is 3. The summed E-state index contributed by atoms with van der Waals surface area (Å²) >= 11 is 0. The molecular weight excluding hydrogens is 156 g/mol.